The van der Waals surface area contributed by atoms with Crippen molar-refractivity contribution >= 4 is 17.5 Å². The molecule has 1 atom stereocenters. The number of carbonyl (C=O) groups is 1. The Labute approximate surface area is 106 Å². The van der Waals surface area contributed by atoms with E-state index in [1.165, 1.54) is 12.3 Å². The molecule has 0 aromatic carbocycles. The Morgan fingerprint density at radius 1 is 1.72 bits per heavy atom. The molecule has 1 aromatic heterocycles. The summed E-state index contributed by atoms with van der Waals surface area (Å²) in [4.78, 5) is 17.3. The third kappa shape index (κ3) is 2.89. The Bertz CT molecular complexity index is 450. The summed E-state index contributed by atoms with van der Waals surface area (Å²) < 4.78 is 0. The lowest BCUT2D eigenvalue weighted by Gasteiger charge is -2.12. The second kappa shape index (κ2) is 5.22. The van der Waals surface area contributed by atoms with Crippen LogP contribution in [0, 0.1) is 5.92 Å². The molecule has 1 saturated heterocycles. The van der Waals surface area contributed by atoms with E-state index in [0.717, 1.165) is 26.1 Å². The summed E-state index contributed by atoms with van der Waals surface area (Å²) in [5.41, 5.74) is 5.83. The number of nitrogens with one attached hydrogen (secondary N) is 1. The zero-order valence-electron chi connectivity index (χ0n) is 10.4. The minimum Gasteiger partial charge on any atom is -0.478 e. The molecule has 6 heteroatoms. The van der Waals surface area contributed by atoms with Gasteiger partial charge >= 0.3 is 5.97 Å². The highest BCUT2D eigenvalue weighted by Gasteiger charge is 2.19. The first-order valence-corrected chi connectivity index (χ1v) is 5.97. The van der Waals surface area contributed by atoms with Gasteiger partial charge in [0.15, 0.2) is 0 Å². The first kappa shape index (κ1) is 12.6. The lowest BCUT2D eigenvalue weighted by molar-refractivity contribution is 0.0698. The zero-order valence-corrected chi connectivity index (χ0v) is 10.4. The maximum atomic E-state index is 10.9. The van der Waals surface area contributed by atoms with Gasteiger partial charge in [-0.3, -0.25) is 0 Å². The van der Waals surface area contributed by atoms with E-state index in [1.807, 2.05) is 0 Å². The SMILES string of the molecule is CN1CCC(CNc2cc(C(=O)O)c(N)cn2)C1. The highest BCUT2D eigenvalue weighted by molar-refractivity contribution is 5.94. The summed E-state index contributed by atoms with van der Waals surface area (Å²) in [6.07, 6.45) is 2.54. The van der Waals surface area contributed by atoms with Crippen LogP contribution in [-0.2, 0) is 0 Å². The first-order chi connectivity index (χ1) is 8.56. The van der Waals surface area contributed by atoms with Crippen LogP contribution in [0.2, 0.25) is 0 Å². The van der Waals surface area contributed by atoms with Gasteiger partial charge in [-0.2, -0.15) is 0 Å². The van der Waals surface area contributed by atoms with E-state index in [4.69, 9.17) is 10.8 Å². The van der Waals surface area contributed by atoms with E-state index in [9.17, 15) is 4.79 Å². The van der Waals surface area contributed by atoms with Crippen molar-refractivity contribution in [3.63, 3.8) is 0 Å². The number of hydrogen-bond donors (Lipinski definition) is 3. The predicted molar refractivity (Wildman–Crippen MR) is 69.7 cm³/mol. The summed E-state index contributed by atoms with van der Waals surface area (Å²) in [7, 11) is 2.10. The number of pyridine rings is 1. The van der Waals surface area contributed by atoms with Crippen molar-refractivity contribution in [2.75, 3.05) is 37.7 Å². The zero-order chi connectivity index (χ0) is 13.1. The van der Waals surface area contributed by atoms with Gasteiger partial charge in [0.1, 0.15) is 5.82 Å². The molecule has 98 valence electrons. The minimum absolute atomic E-state index is 0.0936. The lowest BCUT2D eigenvalue weighted by Crippen LogP contribution is -2.19. The van der Waals surface area contributed by atoms with Crippen LogP contribution in [0.5, 0.6) is 0 Å². The number of anilines is 2. The van der Waals surface area contributed by atoms with Crippen LogP contribution < -0.4 is 11.1 Å². The quantitative estimate of drug-likeness (QED) is 0.729. The topological polar surface area (TPSA) is 91.5 Å². The van der Waals surface area contributed by atoms with E-state index in [2.05, 4.69) is 22.2 Å². The summed E-state index contributed by atoms with van der Waals surface area (Å²) in [6, 6.07) is 1.48. The third-order valence-electron chi connectivity index (χ3n) is 3.23. The van der Waals surface area contributed by atoms with Gasteiger partial charge < -0.3 is 21.1 Å². The van der Waals surface area contributed by atoms with Crippen molar-refractivity contribution in [1.29, 1.82) is 0 Å². The summed E-state index contributed by atoms with van der Waals surface area (Å²) in [6.45, 7) is 2.98. The van der Waals surface area contributed by atoms with Crippen molar-refractivity contribution in [2.24, 2.45) is 5.92 Å². The fourth-order valence-electron chi connectivity index (χ4n) is 2.19. The number of likely N-dealkylation sites (tertiary alicyclic amines) is 1. The lowest BCUT2D eigenvalue weighted by atomic mass is 10.1. The van der Waals surface area contributed by atoms with E-state index >= 15 is 0 Å². The van der Waals surface area contributed by atoms with Crippen molar-refractivity contribution < 1.29 is 9.90 Å². The van der Waals surface area contributed by atoms with Crippen LogP contribution in [-0.4, -0.2) is 47.6 Å². The van der Waals surface area contributed by atoms with Crippen molar-refractivity contribution in [1.82, 2.24) is 9.88 Å². The molecule has 0 bridgehead atoms. The minimum atomic E-state index is -1.03. The summed E-state index contributed by atoms with van der Waals surface area (Å²) >= 11 is 0. The number of aromatic nitrogens is 1. The highest BCUT2D eigenvalue weighted by atomic mass is 16.4. The Balaban J connectivity index is 1.97. The van der Waals surface area contributed by atoms with Gasteiger partial charge in [-0.1, -0.05) is 0 Å². The predicted octanol–water partition coefficient (Wildman–Crippen LogP) is 0.726. The maximum absolute atomic E-state index is 10.9. The monoisotopic (exact) mass is 250 g/mol. The van der Waals surface area contributed by atoms with Crippen LogP contribution in [0.25, 0.3) is 0 Å². The average Bonchev–Trinajstić information content (AvgIpc) is 2.74. The Morgan fingerprint density at radius 2 is 2.50 bits per heavy atom. The molecule has 1 aliphatic rings. The normalized spacial score (nSPS) is 19.9. The highest BCUT2D eigenvalue weighted by Crippen LogP contribution is 2.17. The van der Waals surface area contributed by atoms with Gasteiger partial charge in [0.2, 0.25) is 0 Å². The molecule has 6 nitrogen and oxygen atoms in total. The molecule has 1 aromatic rings. The Hall–Kier alpha value is -1.82. The molecule has 0 radical (unpaired) electrons. The second-order valence-electron chi connectivity index (χ2n) is 4.76. The molecule has 0 amide bonds. The number of carboxylic acids is 1. The number of nitrogens with two attached hydrogens (primary N) is 1. The van der Waals surface area contributed by atoms with E-state index in [-0.39, 0.29) is 11.3 Å². The van der Waals surface area contributed by atoms with Crippen molar-refractivity contribution in [3.05, 3.63) is 17.8 Å². The van der Waals surface area contributed by atoms with E-state index in [0.29, 0.717) is 11.7 Å². The number of hydrogen-bond acceptors (Lipinski definition) is 5. The second-order valence-corrected chi connectivity index (χ2v) is 4.76. The van der Waals surface area contributed by atoms with E-state index < -0.39 is 5.97 Å². The number of nitrogen functional groups attached to an aromatic ring is 1. The smallest absolute Gasteiger partial charge is 0.337 e. The number of carboxylic acid groups (broad SMARTS) is 1. The molecule has 0 aliphatic carbocycles. The van der Waals surface area contributed by atoms with Crippen molar-refractivity contribution in [2.45, 2.75) is 6.42 Å². The molecule has 1 aliphatic heterocycles. The fraction of sp³-hybridized carbons (Fsp3) is 0.500. The molecule has 18 heavy (non-hydrogen) atoms. The van der Waals surface area contributed by atoms with Crippen LogP contribution in [0.15, 0.2) is 12.3 Å². The van der Waals surface area contributed by atoms with Gasteiger partial charge in [0.05, 0.1) is 17.4 Å². The number of rotatable bonds is 4. The third-order valence-corrected chi connectivity index (χ3v) is 3.23. The van der Waals surface area contributed by atoms with Crippen LogP contribution >= 0.6 is 0 Å². The first-order valence-electron chi connectivity index (χ1n) is 5.97. The molecule has 0 saturated carbocycles. The van der Waals surface area contributed by atoms with Gasteiger partial charge in [-0.15, -0.1) is 0 Å². The van der Waals surface area contributed by atoms with Crippen LogP contribution in [0.1, 0.15) is 16.8 Å². The Kier molecular flexibility index (Phi) is 3.66. The molecular weight excluding hydrogens is 232 g/mol. The van der Waals surface area contributed by atoms with Gasteiger partial charge in [-0.05, 0) is 32.0 Å². The average molecular weight is 250 g/mol. The molecular formula is C12H18N4O2. The standard InChI is InChI=1S/C12H18N4O2/c1-16-3-2-8(7-16)5-14-11-4-9(12(17)18)10(13)6-15-11/h4,6,8H,2-3,5,7,13H2,1H3,(H,14,15)(H,17,18). The Morgan fingerprint density at radius 3 is 3.11 bits per heavy atom. The molecule has 2 heterocycles. The fourth-order valence-corrected chi connectivity index (χ4v) is 2.19. The largest absolute Gasteiger partial charge is 0.478 e. The number of nitrogens with zero attached hydrogens (tertiary/aromatic N) is 2. The molecule has 1 fully saturated rings. The van der Waals surface area contributed by atoms with Crippen molar-refractivity contribution in [3.8, 4) is 0 Å². The molecule has 1 unspecified atom stereocenters. The molecule has 0 spiro atoms. The van der Waals surface area contributed by atoms with Gasteiger partial charge in [0, 0.05) is 13.1 Å². The van der Waals surface area contributed by atoms with E-state index in [1.54, 1.807) is 0 Å². The maximum Gasteiger partial charge on any atom is 0.337 e. The van der Waals surface area contributed by atoms with Gasteiger partial charge in [0.25, 0.3) is 0 Å². The molecule has 4 N–H and O–H groups in total. The van der Waals surface area contributed by atoms with Crippen LogP contribution in [0.4, 0.5) is 11.5 Å². The molecule has 2 rings (SSSR count). The summed E-state index contributed by atoms with van der Waals surface area (Å²) in [5, 5.41) is 12.1. The summed E-state index contributed by atoms with van der Waals surface area (Å²) in [5.74, 6) is 0.123. The van der Waals surface area contributed by atoms with Gasteiger partial charge in [-0.25, -0.2) is 9.78 Å². The van der Waals surface area contributed by atoms with Crippen LogP contribution in [0.3, 0.4) is 0 Å². The number of aromatic carboxylic acids is 1.